The van der Waals surface area contributed by atoms with Gasteiger partial charge in [0.05, 0.1) is 11.2 Å². The Morgan fingerprint density at radius 1 is 1.29 bits per heavy atom. The molecule has 0 atom stereocenters. The van der Waals surface area contributed by atoms with Crippen LogP contribution in [0.1, 0.15) is 11.1 Å². The fourth-order valence-electron chi connectivity index (χ4n) is 1.50. The van der Waals surface area contributed by atoms with E-state index in [-0.39, 0.29) is 0 Å². The molecule has 0 saturated carbocycles. The van der Waals surface area contributed by atoms with Gasteiger partial charge in [0.25, 0.3) is 0 Å². The highest BCUT2D eigenvalue weighted by Gasteiger charge is 2.04. The first kappa shape index (κ1) is 11.9. The number of aromatic nitrogens is 1. The van der Waals surface area contributed by atoms with Crippen LogP contribution in [0.15, 0.2) is 36.7 Å². The zero-order valence-corrected chi connectivity index (χ0v) is 10.2. The summed E-state index contributed by atoms with van der Waals surface area (Å²) in [6.07, 6.45) is 3.18. The van der Waals surface area contributed by atoms with Gasteiger partial charge in [0, 0.05) is 24.4 Å². The Hall–Kier alpha value is -1.58. The molecular weight excluding hydrogens is 236 g/mol. The molecule has 1 aromatic heterocycles. The Bertz CT molecular complexity index is 529. The third kappa shape index (κ3) is 2.96. The molecule has 0 unspecified atom stereocenters. The minimum Gasteiger partial charge on any atom is -0.455 e. The highest BCUT2D eigenvalue weighted by atomic mass is 35.5. The molecule has 2 N–H and O–H groups in total. The number of ether oxygens (including phenoxy) is 1. The van der Waals surface area contributed by atoms with Crippen molar-refractivity contribution in [3.8, 4) is 11.5 Å². The molecule has 0 aliphatic rings. The van der Waals surface area contributed by atoms with E-state index in [0.29, 0.717) is 17.3 Å². The standard InChI is InChI=1S/C13H13ClN2O/c1-9-2-3-10(6-15)13(4-9)17-12-5-11(14)7-16-8-12/h2-5,7-8H,6,15H2,1H3. The van der Waals surface area contributed by atoms with Crippen LogP contribution in [0.2, 0.25) is 5.02 Å². The van der Waals surface area contributed by atoms with Gasteiger partial charge in [-0.25, -0.2) is 0 Å². The maximum absolute atomic E-state index is 5.85. The second-order valence-electron chi connectivity index (χ2n) is 3.76. The van der Waals surface area contributed by atoms with Crippen LogP contribution in [0.3, 0.4) is 0 Å². The first-order valence-electron chi connectivity index (χ1n) is 5.27. The van der Waals surface area contributed by atoms with Crippen LogP contribution >= 0.6 is 11.6 Å². The molecule has 0 saturated heterocycles. The van der Waals surface area contributed by atoms with Gasteiger partial charge in [0.15, 0.2) is 0 Å². The van der Waals surface area contributed by atoms with E-state index >= 15 is 0 Å². The monoisotopic (exact) mass is 248 g/mol. The smallest absolute Gasteiger partial charge is 0.147 e. The number of hydrogen-bond donors (Lipinski definition) is 1. The topological polar surface area (TPSA) is 48.1 Å². The van der Waals surface area contributed by atoms with Crippen molar-refractivity contribution in [2.24, 2.45) is 5.73 Å². The summed E-state index contributed by atoms with van der Waals surface area (Å²) < 4.78 is 5.74. The second kappa shape index (κ2) is 5.17. The third-order valence-electron chi connectivity index (χ3n) is 2.35. The van der Waals surface area contributed by atoms with Crippen molar-refractivity contribution >= 4 is 11.6 Å². The predicted octanol–water partition coefficient (Wildman–Crippen LogP) is 3.29. The Balaban J connectivity index is 2.32. The molecule has 88 valence electrons. The molecule has 1 aromatic carbocycles. The van der Waals surface area contributed by atoms with E-state index in [4.69, 9.17) is 22.1 Å². The van der Waals surface area contributed by atoms with Crippen molar-refractivity contribution in [1.82, 2.24) is 4.98 Å². The molecule has 4 heteroatoms. The van der Waals surface area contributed by atoms with Gasteiger partial charge in [0.1, 0.15) is 11.5 Å². The maximum Gasteiger partial charge on any atom is 0.147 e. The summed E-state index contributed by atoms with van der Waals surface area (Å²) in [6, 6.07) is 7.63. The largest absolute Gasteiger partial charge is 0.455 e. The SMILES string of the molecule is Cc1ccc(CN)c(Oc2cncc(Cl)c2)c1. The molecule has 0 radical (unpaired) electrons. The minimum atomic E-state index is 0.434. The van der Waals surface area contributed by atoms with Gasteiger partial charge in [-0.05, 0) is 18.6 Å². The van der Waals surface area contributed by atoms with Crippen LogP contribution in [0.5, 0.6) is 11.5 Å². The van der Waals surface area contributed by atoms with Gasteiger partial charge < -0.3 is 10.5 Å². The highest BCUT2D eigenvalue weighted by Crippen LogP contribution is 2.27. The van der Waals surface area contributed by atoms with Crippen LogP contribution in [-0.4, -0.2) is 4.98 Å². The maximum atomic E-state index is 5.85. The molecule has 2 aromatic rings. The summed E-state index contributed by atoms with van der Waals surface area (Å²) >= 11 is 5.85. The van der Waals surface area contributed by atoms with Crippen molar-refractivity contribution in [2.75, 3.05) is 0 Å². The summed E-state index contributed by atoms with van der Waals surface area (Å²) in [5, 5.41) is 0.546. The van der Waals surface area contributed by atoms with E-state index in [0.717, 1.165) is 16.9 Å². The average Bonchev–Trinajstić information content (AvgIpc) is 2.29. The fourth-order valence-corrected chi connectivity index (χ4v) is 1.66. The number of aryl methyl sites for hydroxylation is 1. The molecule has 2 rings (SSSR count). The summed E-state index contributed by atoms with van der Waals surface area (Å²) in [5.74, 6) is 1.36. The van der Waals surface area contributed by atoms with E-state index in [9.17, 15) is 0 Å². The van der Waals surface area contributed by atoms with Crippen LogP contribution in [0.4, 0.5) is 0 Å². The number of pyridine rings is 1. The average molecular weight is 249 g/mol. The molecule has 0 amide bonds. The Kier molecular flexibility index (Phi) is 3.61. The van der Waals surface area contributed by atoms with E-state index in [1.54, 1.807) is 18.5 Å². The van der Waals surface area contributed by atoms with Crippen molar-refractivity contribution < 1.29 is 4.74 Å². The number of nitrogens with two attached hydrogens (primary N) is 1. The van der Waals surface area contributed by atoms with Crippen molar-refractivity contribution in [1.29, 1.82) is 0 Å². The van der Waals surface area contributed by atoms with Crippen LogP contribution in [0.25, 0.3) is 0 Å². The Labute approximate surface area is 105 Å². The molecular formula is C13H13ClN2O. The molecule has 0 spiro atoms. The van der Waals surface area contributed by atoms with Gasteiger partial charge in [-0.1, -0.05) is 23.7 Å². The van der Waals surface area contributed by atoms with Gasteiger partial charge in [-0.3, -0.25) is 4.98 Å². The molecule has 0 aliphatic carbocycles. The molecule has 3 nitrogen and oxygen atoms in total. The van der Waals surface area contributed by atoms with E-state index in [1.165, 1.54) is 0 Å². The Morgan fingerprint density at radius 3 is 2.82 bits per heavy atom. The summed E-state index contributed by atoms with van der Waals surface area (Å²) in [7, 11) is 0. The van der Waals surface area contributed by atoms with Crippen molar-refractivity contribution in [2.45, 2.75) is 13.5 Å². The number of hydrogen-bond acceptors (Lipinski definition) is 3. The van der Waals surface area contributed by atoms with Gasteiger partial charge >= 0.3 is 0 Å². The number of rotatable bonds is 3. The second-order valence-corrected chi connectivity index (χ2v) is 4.19. The van der Waals surface area contributed by atoms with E-state index in [2.05, 4.69) is 4.98 Å². The van der Waals surface area contributed by atoms with Gasteiger partial charge in [-0.2, -0.15) is 0 Å². The lowest BCUT2D eigenvalue weighted by molar-refractivity contribution is 0.474. The highest BCUT2D eigenvalue weighted by molar-refractivity contribution is 6.30. The molecule has 0 bridgehead atoms. The van der Waals surface area contributed by atoms with E-state index in [1.807, 2.05) is 25.1 Å². The summed E-state index contributed by atoms with van der Waals surface area (Å²) in [6.45, 7) is 2.44. The van der Waals surface area contributed by atoms with Gasteiger partial charge in [-0.15, -0.1) is 0 Å². The lowest BCUT2D eigenvalue weighted by atomic mass is 10.1. The first-order valence-corrected chi connectivity index (χ1v) is 5.65. The first-order chi connectivity index (χ1) is 8.19. The molecule has 17 heavy (non-hydrogen) atoms. The molecule has 0 fully saturated rings. The minimum absolute atomic E-state index is 0.434. The fraction of sp³-hybridized carbons (Fsp3) is 0.154. The van der Waals surface area contributed by atoms with Crippen molar-refractivity contribution in [3.05, 3.63) is 52.8 Å². The number of halogens is 1. The quantitative estimate of drug-likeness (QED) is 0.907. The van der Waals surface area contributed by atoms with E-state index < -0.39 is 0 Å². The summed E-state index contributed by atoms with van der Waals surface area (Å²) in [5.41, 5.74) is 7.73. The zero-order chi connectivity index (χ0) is 12.3. The van der Waals surface area contributed by atoms with Crippen LogP contribution < -0.4 is 10.5 Å². The normalized spacial score (nSPS) is 10.3. The lowest BCUT2D eigenvalue weighted by Gasteiger charge is -2.10. The van der Waals surface area contributed by atoms with Crippen LogP contribution in [0, 0.1) is 6.92 Å². The van der Waals surface area contributed by atoms with Crippen LogP contribution in [-0.2, 0) is 6.54 Å². The van der Waals surface area contributed by atoms with Gasteiger partial charge in [0.2, 0.25) is 0 Å². The predicted molar refractivity (Wildman–Crippen MR) is 68.4 cm³/mol. The zero-order valence-electron chi connectivity index (χ0n) is 9.48. The number of nitrogens with zero attached hydrogens (tertiary/aromatic N) is 1. The third-order valence-corrected chi connectivity index (χ3v) is 2.56. The lowest BCUT2D eigenvalue weighted by Crippen LogP contribution is -1.99. The summed E-state index contributed by atoms with van der Waals surface area (Å²) in [4.78, 5) is 3.97. The van der Waals surface area contributed by atoms with Crippen molar-refractivity contribution in [3.63, 3.8) is 0 Å². The number of benzene rings is 1. The Morgan fingerprint density at radius 2 is 2.12 bits per heavy atom. The molecule has 0 aliphatic heterocycles. The molecule has 1 heterocycles.